The Bertz CT molecular complexity index is 969. The molecule has 4 aromatic rings. The molecule has 0 aliphatic carbocycles. The number of hydrazone groups is 2. The lowest BCUT2D eigenvalue weighted by atomic mass is 10.3. The minimum atomic E-state index is 0.324. The second-order valence-corrected chi connectivity index (χ2v) is 5.59. The fraction of sp³-hybridized carbons (Fsp3) is 0.111. The normalized spacial score (nSPS) is 12.7. The maximum atomic E-state index is 5.55. The number of fused-ring (bicyclic) bond motifs is 2. The first-order chi connectivity index (χ1) is 12.7. The summed E-state index contributed by atoms with van der Waals surface area (Å²) in [7, 11) is 0. The molecule has 2 aromatic heterocycles. The topological polar surface area (TPSA) is 101 Å². The summed E-state index contributed by atoms with van der Waals surface area (Å²) >= 11 is 0. The molecule has 0 radical (unpaired) electrons. The molecule has 26 heavy (non-hydrogen) atoms. The Balaban J connectivity index is 1.44. The zero-order valence-corrected chi connectivity index (χ0v) is 14.2. The van der Waals surface area contributed by atoms with Gasteiger partial charge in [0.1, 0.15) is 11.0 Å². The molecule has 0 saturated heterocycles. The van der Waals surface area contributed by atoms with Crippen LogP contribution in [0.25, 0.3) is 22.2 Å². The van der Waals surface area contributed by atoms with Crippen LogP contribution < -0.4 is 10.9 Å². The third kappa shape index (κ3) is 3.25. The Hall–Kier alpha value is -3.68. The molecule has 0 unspecified atom stereocenters. The summed E-state index contributed by atoms with van der Waals surface area (Å²) in [4.78, 5) is 8.59. The molecule has 0 spiro atoms. The van der Waals surface area contributed by atoms with Gasteiger partial charge in [0.05, 0.1) is 11.4 Å². The Labute approximate surface area is 148 Å². The predicted molar refractivity (Wildman–Crippen MR) is 101 cm³/mol. The SMILES string of the molecule is CC(=NNc1nc2ccccc2o1)C(C)=NNc1nc2ccccc2o1. The molecule has 8 nitrogen and oxygen atoms in total. The molecule has 2 aromatic carbocycles. The quantitative estimate of drug-likeness (QED) is 0.413. The van der Waals surface area contributed by atoms with E-state index in [1.54, 1.807) is 0 Å². The summed E-state index contributed by atoms with van der Waals surface area (Å²) in [6, 6.07) is 15.7. The van der Waals surface area contributed by atoms with Gasteiger partial charge in [0.15, 0.2) is 11.2 Å². The number of oxazole rings is 2. The van der Waals surface area contributed by atoms with E-state index < -0.39 is 0 Å². The third-order valence-electron chi connectivity index (χ3n) is 3.75. The summed E-state index contributed by atoms with van der Waals surface area (Å²) in [5.41, 5.74) is 9.86. The largest absolute Gasteiger partial charge is 0.422 e. The van der Waals surface area contributed by atoms with Crippen LogP contribution in [0.2, 0.25) is 0 Å². The van der Waals surface area contributed by atoms with Crippen molar-refractivity contribution in [2.24, 2.45) is 10.2 Å². The average molecular weight is 348 g/mol. The molecular formula is C18H16N6O2. The summed E-state index contributed by atoms with van der Waals surface area (Å²) in [6.07, 6.45) is 0. The van der Waals surface area contributed by atoms with Gasteiger partial charge in [-0.25, -0.2) is 10.9 Å². The lowest BCUT2D eigenvalue weighted by Crippen LogP contribution is -2.10. The second-order valence-electron chi connectivity index (χ2n) is 5.59. The number of hydrogen-bond acceptors (Lipinski definition) is 8. The standard InChI is InChI=1S/C18H16N6O2/c1-11(21-23-17-19-13-7-3-5-9-15(13)25-17)12(2)22-24-18-20-14-8-4-6-10-16(14)26-18/h3-10H,1-2H3,(H,19,23)(H,20,24). The van der Waals surface area contributed by atoms with Crippen molar-refractivity contribution in [3.8, 4) is 0 Å². The zero-order valence-electron chi connectivity index (χ0n) is 14.2. The number of nitrogens with zero attached hydrogens (tertiary/aromatic N) is 4. The lowest BCUT2D eigenvalue weighted by Gasteiger charge is -2.00. The smallest absolute Gasteiger partial charge is 0.316 e. The fourth-order valence-corrected chi connectivity index (χ4v) is 2.27. The summed E-state index contributed by atoms with van der Waals surface area (Å²) < 4.78 is 11.1. The van der Waals surface area contributed by atoms with E-state index in [0.29, 0.717) is 34.6 Å². The van der Waals surface area contributed by atoms with Crippen LogP contribution in [-0.2, 0) is 0 Å². The van der Waals surface area contributed by atoms with Crippen LogP contribution in [0.1, 0.15) is 13.8 Å². The maximum Gasteiger partial charge on any atom is 0.316 e. The fourth-order valence-electron chi connectivity index (χ4n) is 2.27. The van der Waals surface area contributed by atoms with Crippen LogP contribution in [0.3, 0.4) is 0 Å². The molecule has 2 N–H and O–H groups in total. The molecule has 8 heteroatoms. The first-order valence-electron chi connectivity index (χ1n) is 8.01. The van der Waals surface area contributed by atoms with Crippen molar-refractivity contribution in [3.63, 3.8) is 0 Å². The van der Waals surface area contributed by atoms with Crippen LogP contribution in [0.4, 0.5) is 12.0 Å². The van der Waals surface area contributed by atoms with Gasteiger partial charge < -0.3 is 8.83 Å². The maximum absolute atomic E-state index is 5.55. The summed E-state index contributed by atoms with van der Waals surface area (Å²) in [5.74, 6) is 0. The minimum absolute atomic E-state index is 0.324. The highest BCUT2D eigenvalue weighted by Crippen LogP contribution is 2.19. The first kappa shape index (κ1) is 15.8. The molecule has 2 heterocycles. The number of hydrogen-bond donors (Lipinski definition) is 2. The predicted octanol–water partition coefficient (Wildman–Crippen LogP) is 4.24. The highest BCUT2D eigenvalue weighted by molar-refractivity contribution is 6.40. The number of anilines is 2. The third-order valence-corrected chi connectivity index (χ3v) is 3.75. The van der Waals surface area contributed by atoms with Crippen LogP contribution in [0, 0.1) is 0 Å². The van der Waals surface area contributed by atoms with Crippen LogP contribution in [-0.4, -0.2) is 21.4 Å². The van der Waals surface area contributed by atoms with Crippen molar-refractivity contribution in [1.82, 2.24) is 9.97 Å². The number of nitrogens with one attached hydrogen (secondary N) is 2. The van der Waals surface area contributed by atoms with E-state index in [1.807, 2.05) is 62.4 Å². The van der Waals surface area contributed by atoms with E-state index in [0.717, 1.165) is 11.0 Å². The monoisotopic (exact) mass is 348 g/mol. The summed E-state index contributed by atoms with van der Waals surface area (Å²) in [6.45, 7) is 3.64. The molecule has 0 aliphatic heterocycles. The van der Waals surface area contributed by atoms with E-state index in [9.17, 15) is 0 Å². The molecular weight excluding hydrogens is 332 g/mol. The van der Waals surface area contributed by atoms with Crippen molar-refractivity contribution in [2.75, 3.05) is 10.9 Å². The number of para-hydroxylation sites is 4. The van der Waals surface area contributed by atoms with Crippen molar-refractivity contribution in [1.29, 1.82) is 0 Å². The zero-order chi connectivity index (χ0) is 17.9. The lowest BCUT2D eigenvalue weighted by molar-refractivity contribution is 0.616. The highest BCUT2D eigenvalue weighted by Gasteiger charge is 2.06. The molecule has 130 valence electrons. The van der Waals surface area contributed by atoms with Crippen molar-refractivity contribution < 1.29 is 8.83 Å². The van der Waals surface area contributed by atoms with E-state index in [1.165, 1.54) is 0 Å². The Morgan fingerprint density at radius 3 is 1.58 bits per heavy atom. The van der Waals surface area contributed by atoms with E-state index in [-0.39, 0.29) is 0 Å². The van der Waals surface area contributed by atoms with E-state index in [2.05, 4.69) is 31.0 Å². The van der Waals surface area contributed by atoms with Gasteiger partial charge in [-0.1, -0.05) is 24.3 Å². The van der Waals surface area contributed by atoms with E-state index >= 15 is 0 Å². The Morgan fingerprint density at radius 1 is 0.731 bits per heavy atom. The van der Waals surface area contributed by atoms with Crippen molar-refractivity contribution in [3.05, 3.63) is 48.5 Å². The summed E-state index contributed by atoms with van der Waals surface area (Å²) in [5, 5.41) is 8.47. The van der Waals surface area contributed by atoms with Crippen LogP contribution >= 0.6 is 0 Å². The highest BCUT2D eigenvalue weighted by atomic mass is 16.4. The van der Waals surface area contributed by atoms with Crippen molar-refractivity contribution >= 4 is 45.7 Å². The van der Waals surface area contributed by atoms with Gasteiger partial charge >= 0.3 is 12.0 Å². The van der Waals surface area contributed by atoms with Crippen LogP contribution in [0.15, 0.2) is 67.6 Å². The van der Waals surface area contributed by atoms with Crippen molar-refractivity contribution in [2.45, 2.75) is 13.8 Å². The molecule has 0 aliphatic rings. The van der Waals surface area contributed by atoms with E-state index in [4.69, 9.17) is 8.83 Å². The number of aromatic nitrogens is 2. The minimum Gasteiger partial charge on any atom is -0.422 e. The molecule has 0 fully saturated rings. The van der Waals surface area contributed by atoms with Gasteiger partial charge in [0, 0.05) is 0 Å². The van der Waals surface area contributed by atoms with Gasteiger partial charge in [-0.15, -0.1) is 0 Å². The van der Waals surface area contributed by atoms with Gasteiger partial charge in [0.2, 0.25) is 0 Å². The Morgan fingerprint density at radius 2 is 1.15 bits per heavy atom. The van der Waals surface area contributed by atoms with Gasteiger partial charge in [-0.05, 0) is 38.1 Å². The molecule has 0 saturated carbocycles. The van der Waals surface area contributed by atoms with Crippen LogP contribution in [0.5, 0.6) is 0 Å². The number of benzene rings is 2. The molecule has 4 rings (SSSR count). The first-order valence-corrected chi connectivity index (χ1v) is 8.01. The van der Waals surface area contributed by atoms with Gasteiger partial charge in [-0.3, -0.25) is 0 Å². The average Bonchev–Trinajstić information content (AvgIpc) is 3.27. The molecule has 0 atom stereocenters. The number of rotatable bonds is 5. The van der Waals surface area contributed by atoms with Gasteiger partial charge in [-0.2, -0.15) is 20.2 Å². The Kier molecular flexibility index (Phi) is 4.06. The molecule has 0 amide bonds. The second kappa shape index (κ2) is 6.67. The molecule has 0 bridgehead atoms. The van der Waals surface area contributed by atoms with Gasteiger partial charge in [0.25, 0.3) is 0 Å².